The standard InChI is InChI=1S/C19H25NO/c1-14-10-11-15(2)17(13-14)20-19(18-9-6-12-21-18)16-7-4-3-5-8-16/h3-9,12,14-15,17,19-20H,10-11,13H2,1-2H3. The molecule has 0 saturated heterocycles. The normalized spacial score (nSPS) is 27.4. The number of hydrogen-bond donors (Lipinski definition) is 1. The molecule has 1 aliphatic rings. The van der Waals surface area contributed by atoms with Gasteiger partial charge < -0.3 is 9.73 Å². The van der Waals surface area contributed by atoms with Crippen molar-refractivity contribution in [1.82, 2.24) is 5.32 Å². The maximum Gasteiger partial charge on any atom is 0.125 e. The first kappa shape index (κ1) is 14.4. The first-order valence-corrected chi connectivity index (χ1v) is 8.08. The average molecular weight is 283 g/mol. The lowest BCUT2D eigenvalue weighted by atomic mass is 9.79. The lowest BCUT2D eigenvalue weighted by Gasteiger charge is -2.36. The molecule has 2 nitrogen and oxygen atoms in total. The van der Waals surface area contributed by atoms with Gasteiger partial charge in [0, 0.05) is 6.04 Å². The lowest BCUT2D eigenvalue weighted by molar-refractivity contribution is 0.214. The molecule has 21 heavy (non-hydrogen) atoms. The molecule has 1 N–H and O–H groups in total. The van der Waals surface area contributed by atoms with Crippen molar-refractivity contribution in [3.8, 4) is 0 Å². The van der Waals surface area contributed by atoms with E-state index in [4.69, 9.17) is 4.42 Å². The molecular weight excluding hydrogens is 258 g/mol. The van der Waals surface area contributed by atoms with E-state index < -0.39 is 0 Å². The Kier molecular flexibility index (Phi) is 4.45. The molecule has 1 aromatic heterocycles. The average Bonchev–Trinajstić information content (AvgIpc) is 3.03. The molecule has 0 bridgehead atoms. The summed E-state index contributed by atoms with van der Waals surface area (Å²) in [5, 5.41) is 3.86. The van der Waals surface area contributed by atoms with Gasteiger partial charge in [0.25, 0.3) is 0 Å². The van der Waals surface area contributed by atoms with Crippen LogP contribution in [0.2, 0.25) is 0 Å². The summed E-state index contributed by atoms with van der Waals surface area (Å²) in [7, 11) is 0. The zero-order valence-electron chi connectivity index (χ0n) is 13.0. The van der Waals surface area contributed by atoms with Crippen molar-refractivity contribution >= 4 is 0 Å². The fraction of sp³-hybridized carbons (Fsp3) is 0.474. The molecule has 1 aromatic carbocycles. The monoisotopic (exact) mass is 283 g/mol. The number of nitrogens with one attached hydrogen (secondary N) is 1. The van der Waals surface area contributed by atoms with Gasteiger partial charge in [0.15, 0.2) is 0 Å². The van der Waals surface area contributed by atoms with Crippen molar-refractivity contribution in [2.24, 2.45) is 11.8 Å². The van der Waals surface area contributed by atoms with Gasteiger partial charge in [0.2, 0.25) is 0 Å². The van der Waals surface area contributed by atoms with Crippen LogP contribution < -0.4 is 5.32 Å². The van der Waals surface area contributed by atoms with Gasteiger partial charge in [0.1, 0.15) is 5.76 Å². The predicted octanol–water partition coefficient (Wildman–Crippen LogP) is 4.78. The second kappa shape index (κ2) is 6.48. The minimum Gasteiger partial charge on any atom is -0.467 e. The number of benzene rings is 1. The van der Waals surface area contributed by atoms with Crippen molar-refractivity contribution in [1.29, 1.82) is 0 Å². The van der Waals surface area contributed by atoms with Crippen LogP contribution >= 0.6 is 0 Å². The lowest BCUT2D eigenvalue weighted by Crippen LogP contribution is -2.41. The highest BCUT2D eigenvalue weighted by Crippen LogP contribution is 2.32. The van der Waals surface area contributed by atoms with Crippen molar-refractivity contribution in [2.75, 3.05) is 0 Å². The van der Waals surface area contributed by atoms with Crippen LogP contribution in [-0.4, -0.2) is 6.04 Å². The maximum absolute atomic E-state index is 5.69. The molecule has 1 saturated carbocycles. The van der Waals surface area contributed by atoms with Crippen molar-refractivity contribution in [3.63, 3.8) is 0 Å². The van der Waals surface area contributed by atoms with Crippen LogP contribution in [0.1, 0.15) is 50.5 Å². The van der Waals surface area contributed by atoms with E-state index in [1.165, 1.54) is 24.8 Å². The van der Waals surface area contributed by atoms with E-state index in [0.29, 0.717) is 6.04 Å². The molecule has 0 amide bonds. The van der Waals surface area contributed by atoms with Crippen LogP contribution in [0.5, 0.6) is 0 Å². The Bertz CT molecular complexity index is 534. The highest BCUT2D eigenvalue weighted by Gasteiger charge is 2.29. The molecule has 0 spiro atoms. The Morgan fingerprint density at radius 3 is 2.57 bits per heavy atom. The first-order chi connectivity index (χ1) is 10.2. The number of rotatable bonds is 4. The SMILES string of the molecule is CC1CCC(C)C(NC(c2ccccc2)c2ccco2)C1. The maximum atomic E-state index is 5.69. The molecule has 1 fully saturated rings. The fourth-order valence-corrected chi connectivity index (χ4v) is 3.42. The van der Waals surface area contributed by atoms with Crippen LogP contribution in [0.4, 0.5) is 0 Å². The molecular formula is C19H25NO. The Labute approximate surface area is 127 Å². The summed E-state index contributed by atoms with van der Waals surface area (Å²) in [6.07, 6.45) is 5.69. The third-order valence-electron chi connectivity index (χ3n) is 4.80. The van der Waals surface area contributed by atoms with Crippen molar-refractivity contribution in [3.05, 3.63) is 60.1 Å². The minimum atomic E-state index is 0.152. The fourth-order valence-electron chi connectivity index (χ4n) is 3.42. The minimum absolute atomic E-state index is 0.152. The number of hydrogen-bond acceptors (Lipinski definition) is 2. The zero-order valence-corrected chi connectivity index (χ0v) is 13.0. The van der Waals surface area contributed by atoms with Gasteiger partial charge in [0.05, 0.1) is 12.3 Å². The summed E-state index contributed by atoms with van der Waals surface area (Å²) in [5.41, 5.74) is 1.28. The van der Waals surface area contributed by atoms with Gasteiger partial charge in [-0.05, 0) is 42.4 Å². The van der Waals surface area contributed by atoms with E-state index in [1.807, 2.05) is 6.07 Å². The molecule has 0 aliphatic heterocycles. The third kappa shape index (κ3) is 3.38. The summed E-state index contributed by atoms with van der Waals surface area (Å²) < 4.78 is 5.69. The van der Waals surface area contributed by atoms with E-state index in [-0.39, 0.29) is 6.04 Å². The van der Waals surface area contributed by atoms with E-state index in [2.05, 4.69) is 55.6 Å². The van der Waals surface area contributed by atoms with Crippen molar-refractivity contribution < 1.29 is 4.42 Å². The summed E-state index contributed by atoms with van der Waals surface area (Å²) in [5.74, 6) is 2.54. The summed E-state index contributed by atoms with van der Waals surface area (Å²) in [6.45, 7) is 4.73. The Balaban J connectivity index is 1.83. The molecule has 2 heteroatoms. The van der Waals surface area contributed by atoms with E-state index in [1.54, 1.807) is 6.26 Å². The second-order valence-corrected chi connectivity index (χ2v) is 6.53. The molecule has 1 heterocycles. The van der Waals surface area contributed by atoms with Crippen LogP contribution in [0.25, 0.3) is 0 Å². The van der Waals surface area contributed by atoms with Gasteiger partial charge >= 0.3 is 0 Å². The Morgan fingerprint density at radius 2 is 1.86 bits per heavy atom. The second-order valence-electron chi connectivity index (χ2n) is 6.53. The molecule has 4 unspecified atom stereocenters. The molecule has 1 aliphatic carbocycles. The van der Waals surface area contributed by atoms with Crippen molar-refractivity contribution in [2.45, 2.75) is 45.2 Å². The van der Waals surface area contributed by atoms with Crippen LogP contribution in [-0.2, 0) is 0 Å². The van der Waals surface area contributed by atoms with Gasteiger partial charge in [-0.25, -0.2) is 0 Å². The van der Waals surface area contributed by atoms with Gasteiger partial charge in [-0.15, -0.1) is 0 Å². The molecule has 3 rings (SSSR count). The molecule has 4 atom stereocenters. The molecule has 2 aromatic rings. The third-order valence-corrected chi connectivity index (χ3v) is 4.80. The predicted molar refractivity (Wildman–Crippen MR) is 86.1 cm³/mol. The van der Waals surface area contributed by atoms with E-state index in [0.717, 1.165) is 17.6 Å². The van der Waals surface area contributed by atoms with Crippen LogP contribution in [0.15, 0.2) is 53.1 Å². The summed E-state index contributed by atoms with van der Waals surface area (Å²) >= 11 is 0. The topological polar surface area (TPSA) is 25.2 Å². The smallest absolute Gasteiger partial charge is 0.125 e. The Hall–Kier alpha value is -1.54. The van der Waals surface area contributed by atoms with E-state index in [9.17, 15) is 0 Å². The van der Waals surface area contributed by atoms with Crippen LogP contribution in [0, 0.1) is 11.8 Å². The van der Waals surface area contributed by atoms with Gasteiger partial charge in [-0.3, -0.25) is 0 Å². The van der Waals surface area contributed by atoms with Gasteiger partial charge in [-0.2, -0.15) is 0 Å². The quantitative estimate of drug-likeness (QED) is 0.873. The number of furan rings is 1. The molecule has 112 valence electrons. The highest BCUT2D eigenvalue weighted by atomic mass is 16.3. The highest BCUT2D eigenvalue weighted by molar-refractivity contribution is 5.26. The summed E-state index contributed by atoms with van der Waals surface area (Å²) in [4.78, 5) is 0. The largest absolute Gasteiger partial charge is 0.467 e. The molecule has 0 radical (unpaired) electrons. The summed E-state index contributed by atoms with van der Waals surface area (Å²) in [6, 6.07) is 15.4. The Morgan fingerprint density at radius 1 is 1.05 bits per heavy atom. The van der Waals surface area contributed by atoms with E-state index >= 15 is 0 Å². The van der Waals surface area contributed by atoms with Crippen LogP contribution in [0.3, 0.4) is 0 Å². The first-order valence-electron chi connectivity index (χ1n) is 8.08. The zero-order chi connectivity index (χ0) is 14.7. The van der Waals surface area contributed by atoms with Gasteiger partial charge in [-0.1, -0.05) is 50.6 Å².